The molecule has 1 amide bonds. The number of amides is 1. The Bertz CT molecular complexity index is 381. The zero-order valence-electron chi connectivity index (χ0n) is 20.4. The second-order valence-corrected chi connectivity index (χ2v) is 8.93. The number of rotatable bonds is 23. The zero-order chi connectivity index (χ0) is 22.1. The maximum absolute atomic E-state index is 11.9. The fourth-order valence-corrected chi connectivity index (χ4v) is 3.90. The third-order valence-electron chi connectivity index (χ3n) is 6.00. The van der Waals surface area contributed by atoms with Gasteiger partial charge in [-0.1, -0.05) is 103 Å². The Morgan fingerprint density at radius 1 is 0.733 bits per heavy atom. The summed E-state index contributed by atoms with van der Waals surface area (Å²) in [5.74, 6) is 0.149. The minimum Gasteiger partial charge on any atom is -0.396 e. The Balaban J connectivity index is 3.26. The van der Waals surface area contributed by atoms with Crippen molar-refractivity contribution < 1.29 is 9.90 Å². The molecule has 0 aromatic rings. The average molecular weight is 424 g/mol. The summed E-state index contributed by atoms with van der Waals surface area (Å²) >= 11 is 0. The topological polar surface area (TPSA) is 49.3 Å². The quantitative estimate of drug-likeness (QED) is 0.130. The van der Waals surface area contributed by atoms with Crippen molar-refractivity contribution in [3.05, 3.63) is 12.2 Å². The Kier molecular flexibility index (Phi) is 23.8. The molecule has 0 saturated heterocycles. The Hall–Kier alpha value is -0.830. The van der Waals surface area contributed by atoms with Crippen molar-refractivity contribution in [2.75, 3.05) is 6.61 Å². The van der Waals surface area contributed by atoms with Crippen LogP contribution in [0.3, 0.4) is 0 Å². The molecule has 0 bridgehead atoms. The molecule has 0 fully saturated rings. The van der Waals surface area contributed by atoms with Crippen LogP contribution in [-0.2, 0) is 4.79 Å². The van der Waals surface area contributed by atoms with Gasteiger partial charge in [0.1, 0.15) is 0 Å². The number of allylic oxidation sites excluding steroid dienone is 2. The Labute approximate surface area is 188 Å². The molecule has 1 atom stereocenters. The summed E-state index contributed by atoms with van der Waals surface area (Å²) < 4.78 is 0. The molecule has 3 nitrogen and oxygen atoms in total. The molecule has 0 saturated carbocycles. The lowest BCUT2D eigenvalue weighted by Gasteiger charge is -2.15. The lowest BCUT2D eigenvalue weighted by molar-refractivity contribution is -0.122. The first-order chi connectivity index (χ1) is 14.7. The number of aliphatic hydroxyl groups is 1. The molecule has 0 aliphatic heterocycles. The van der Waals surface area contributed by atoms with E-state index in [0.717, 1.165) is 19.3 Å². The summed E-state index contributed by atoms with van der Waals surface area (Å²) in [6.45, 7) is 4.47. The average Bonchev–Trinajstić information content (AvgIpc) is 2.75. The molecule has 0 rings (SSSR count). The van der Waals surface area contributed by atoms with Gasteiger partial charge in [0.15, 0.2) is 0 Å². The number of unbranched alkanes of at least 4 members (excludes halogenated alkanes) is 15. The van der Waals surface area contributed by atoms with Gasteiger partial charge in [-0.3, -0.25) is 4.79 Å². The van der Waals surface area contributed by atoms with E-state index in [2.05, 4.69) is 31.3 Å². The van der Waals surface area contributed by atoms with Crippen LogP contribution < -0.4 is 5.32 Å². The predicted octanol–water partition coefficient (Wildman–Crippen LogP) is 7.86. The second kappa shape index (κ2) is 24.4. The first kappa shape index (κ1) is 29.2. The van der Waals surface area contributed by atoms with E-state index in [0.29, 0.717) is 12.8 Å². The van der Waals surface area contributed by atoms with E-state index < -0.39 is 0 Å². The minimum atomic E-state index is 0.137. The highest BCUT2D eigenvalue weighted by molar-refractivity contribution is 5.76. The van der Waals surface area contributed by atoms with Gasteiger partial charge in [-0.2, -0.15) is 0 Å². The van der Waals surface area contributed by atoms with Gasteiger partial charge in [0.05, 0.1) is 0 Å². The number of hydrogen-bond donors (Lipinski definition) is 2. The van der Waals surface area contributed by atoms with Crippen LogP contribution in [0.15, 0.2) is 12.2 Å². The highest BCUT2D eigenvalue weighted by atomic mass is 16.3. The van der Waals surface area contributed by atoms with Crippen molar-refractivity contribution in [3.8, 4) is 0 Å². The Morgan fingerprint density at radius 3 is 1.67 bits per heavy atom. The maximum Gasteiger partial charge on any atom is 0.220 e. The third-order valence-corrected chi connectivity index (χ3v) is 6.00. The number of hydrogen-bond acceptors (Lipinski definition) is 2. The van der Waals surface area contributed by atoms with Crippen LogP contribution in [0.4, 0.5) is 0 Å². The molecule has 0 radical (unpaired) electrons. The molecule has 0 aromatic carbocycles. The standard InChI is InChI=1S/C27H53NO2/c1-3-5-6-7-8-9-10-11-12-13-14-15-16-17-18-19-20-21-22-23-27(30)28-26(4-2)24-25-29/h11-12,26,29H,3-10,13-25H2,1-2H3,(H,28,30). The fraction of sp³-hybridized carbons (Fsp3) is 0.889. The number of nitrogens with one attached hydrogen (secondary N) is 1. The first-order valence-electron chi connectivity index (χ1n) is 13.3. The molecule has 0 spiro atoms. The second-order valence-electron chi connectivity index (χ2n) is 8.93. The molecule has 1 unspecified atom stereocenters. The monoisotopic (exact) mass is 423 g/mol. The summed E-state index contributed by atoms with van der Waals surface area (Å²) in [7, 11) is 0. The van der Waals surface area contributed by atoms with Crippen LogP contribution in [0, 0.1) is 0 Å². The van der Waals surface area contributed by atoms with Crippen molar-refractivity contribution >= 4 is 5.91 Å². The fourth-order valence-electron chi connectivity index (χ4n) is 3.90. The van der Waals surface area contributed by atoms with Crippen LogP contribution in [0.25, 0.3) is 0 Å². The number of carbonyl (C=O) groups is 1. The van der Waals surface area contributed by atoms with Crippen LogP contribution in [0.1, 0.15) is 142 Å². The molecule has 3 heteroatoms. The van der Waals surface area contributed by atoms with Crippen LogP contribution in [0.2, 0.25) is 0 Å². The number of carbonyl (C=O) groups excluding carboxylic acids is 1. The molecule has 0 heterocycles. The van der Waals surface area contributed by atoms with Crippen LogP contribution in [-0.4, -0.2) is 23.7 Å². The molecule has 2 N–H and O–H groups in total. The summed E-state index contributed by atoms with van der Waals surface area (Å²) in [6.07, 6.45) is 29.4. The van der Waals surface area contributed by atoms with Gasteiger partial charge >= 0.3 is 0 Å². The molecular weight excluding hydrogens is 370 g/mol. The van der Waals surface area contributed by atoms with E-state index in [-0.39, 0.29) is 18.6 Å². The van der Waals surface area contributed by atoms with E-state index in [4.69, 9.17) is 5.11 Å². The molecule has 178 valence electrons. The van der Waals surface area contributed by atoms with E-state index >= 15 is 0 Å². The smallest absolute Gasteiger partial charge is 0.220 e. The summed E-state index contributed by atoms with van der Waals surface area (Å²) in [6, 6.07) is 0.137. The first-order valence-corrected chi connectivity index (χ1v) is 13.3. The summed E-state index contributed by atoms with van der Waals surface area (Å²) in [5.41, 5.74) is 0. The third kappa shape index (κ3) is 21.9. The SMILES string of the molecule is CCCCCCCCC=CCCCCCCCCCCCC(=O)NC(CC)CCO. The molecule has 0 aliphatic carbocycles. The maximum atomic E-state index is 11.9. The van der Waals surface area contributed by atoms with Gasteiger partial charge in [0.2, 0.25) is 5.91 Å². The minimum absolute atomic E-state index is 0.137. The van der Waals surface area contributed by atoms with Crippen molar-refractivity contribution in [1.29, 1.82) is 0 Å². The van der Waals surface area contributed by atoms with Crippen molar-refractivity contribution in [2.45, 2.75) is 148 Å². The predicted molar refractivity (Wildman–Crippen MR) is 132 cm³/mol. The van der Waals surface area contributed by atoms with Gasteiger partial charge in [-0.05, 0) is 44.9 Å². The summed E-state index contributed by atoms with van der Waals surface area (Å²) in [5, 5.41) is 12.0. The zero-order valence-corrected chi connectivity index (χ0v) is 20.4. The van der Waals surface area contributed by atoms with Crippen molar-refractivity contribution in [3.63, 3.8) is 0 Å². The highest BCUT2D eigenvalue weighted by Crippen LogP contribution is 2.12. The van der Waals surface area contributed by atoms with E-state index in [9.17, 15) is 4.79 Å². The van der Waals surface area contributed by atoms with E-state index in [1.165, 1.54) is 96.3 Å². The van der Waals surface area contributed by atoms with Gasteiger partial charge in [-0.25, -0.2) is 0 Å². The van der Waals surface area contributed by atoms with Gasteiger partial charge in [-0.15, -0.1) is 0 Å². The number of aliphatic hydroxyl groups excluding tert-OH is 1. The van der Waals surface area contributed by atoms with Gasteiger partial charge < -0.3 is 10.4 Å². The molecule has 0 aliphatic rings. The van der Waals surface area contributed by atoms with Gasteiger partial charge in [0, 0.05) is 19.1 Å². The Morgan fingerprint density at radius 2 is 1.20 bits per heavy atom. The van der Waals surface area contributed by atoms with Crippen molar-refractivity contribution in [1.82, 2.24) is 5.32 Å². The largest absolute Gasteiger partial charge is 0.396 e. The van der Waals surface area contributed by atoms with Gasteiger partial charge in [0.25, 0.3) is 0 Å². The van der Waals surface area contributed by atoms with Crippen LogP contribution in [0.5, 0.6) is 0 Å². The molecule has 0 aromatic heterocycles. The van der Waals surface area contributed by atoms with Crippen LogP contribution >= 0.6 is 0 Å². The van der Waals surface area contributed by atoms with E-state index in [1.54, 1.807) is 0 Å². The molecular formula is C27H53NO2. The van der Waals surface area contributed by atoms with Crippen molar-refractivity contribution in [2.24, 2.45) is 0 Å². The molecule has 30 heavy (non-hydrogen) atoms. The normalized spacial score (nSPS) is 12.5. The lowest BCUT2D eigenvalue weighted by Crippen LogP contribution is -2.34. The lowest BCUT2D eigenvalue weighted by atomic mass is 10.0. The van der Waals surface area contributed by atoms with E-state index in [1.807, 2.05) is 0 Å². The summed E-state index contributed by atoms with van der Waals surface area (Å²) in [4.78, 5) is 11.9. The highest BCUT2D eigenvalue weighted by Gasteiger charge is 2.09.